The number of aromatic carboxylic acids is 1. The van der Waals surface area contributed by atoms with E-state index in [1.807, 2.05) is 0 Å². The fourth-order valence-corrected chi connectivity index (χ4v) is 1.69. The molecule has 0 amide bonds. The highest BCUT2D eigenvalue weighted by Crippen LogP contribution is 2.12. The smallest absolute Gasteiger partial charge is 0.337 e. The van der Waals surface area contributed by atoms with Gasteiger partial charge in [0.05, 0.1) is 23.5 Å². The summed E-state index contributed by atoms with van der Waals surface area (Å²) in [6, 6.07) is 2.70. The van der Waals surface area contributed by atoms with Crippen LogP contribution in [0.5, 0.6) is 0 Å². The Kier molecular flexibility index (Phi) is 3.65. The van der Waals surface area contributed by atoms with Crippen molar-refractivity contribution < 1.29 is 18.3 Å². The molecule has 0 saturated carbocycles. The van der Waals surface area contributed by atoms with E-state index in [4.69, 9.17) is 10.4 Å². The molecule has 17 heavy (non-hydrogen) atoms. The monoisotopic (exact) mass is 255 g/mol. The number of anilines is 1. The summed E-state index contributed by atoms with van der Waals surface area (Å²) in [5.41, 5.74) is -0.137. The highest BCUT2D eigenvalue weighted by Gasteiger charge is 2.20. The second kappa shape index (κ2) is 4.80. The maximum atomic E-state index is 11.5. The number of nitriles is 1. The largest absolute Gasteiger partial charge is 0.478 e. The highest BCUT2D eigenvalue weighted by molar-refractivity contribution is 7.93. The van der Waals surface area contributed by atoms with Gasteiger partial charge in [-0.3, -0.25) is 9.71 Å². The minimum Gasteiger partial charge on any atom is -0.478 e. The summed E-state index contributed by atoms with van der Waals surface area (Å²) < 4.78 is 25.1. The van der Waals surface area contributed by atoms with Crippen molar-refractivity contribution in [3.63, 3.8) is 0 Å². The van der Waals surface area contributed by atoms with Crippen LogP contribution < -0.4 is 4.72 Å². The minimum absolute atomic E-state index is 0.00648. The van der Waals surface area contributed by atoms with Gasteiger partial charge in [0.2, 0.25) is 10.0 Å². The molecule has 0 saturated heterocycles. The van der Waals surface area contributed by atoms with Crippen LogP contribution >= 0.6 is 0 Å². The average molecular weight is 255 g/mol. The lowest BCUT2D eigenvalue weighted by Gasteiger charge is -2.08. The first-order chi connectivity index (χ1) is 7.86. The van der Waals surface area contributed by atoms with E-state index in [2.05, 4.69) is 9.71 Å². The molecule has 1 aromatic heterocycles. The molecule has 0 radical (unpaired) electrons. The number of carboxylic acids is 1. The summed E-state index contributed by atoms with van der Waals surface area (Å²) in [5.74, 6) is -1.22. The summed E-state index contributed by atoms with van der Waals surface area (Å²) in [6.45, 7) is 1.22. The summed E-state index contributed by atoms with van der Waals surface area (Å²) >= 11 is 0. The van der Waals surface area contributed by atoms with Crippen LogP contribution in [0.1, 0.15) is 17.3 Å². The summed E-state index contributed by atoms with van der Waals surface area (Å²) in [7, 11) is -3.85. The van der Waals surface area contributed by atoms with Gasteiger partial charge in [0, 0.05) is 6.20 Å². The van der Waals surface area contributed by atoms with Crippen molar-refractivity contribution in [1.29, 1.82) is 5.26 Å². The van der Waals surface area contributed by atoms with E-state index in [9.17, 15) is 13.2 Å². The molecule has 7 nitrogen and oxygen atoms in total. The maximum Gasteiger partial charge on any atom is 0.337 e. The number of carboxylic acid groups (broad SMARTS) is 1. The molecule has 0 spiro atoms. The Bertz CT molecular complexity index is 576. The molecule has 1 atom stereocenters. The molecule has 0 aliphatic heterocycles. The average Bonchev–Trinajstić information content (AvgIpc) is 2.27. The van der Waals surface area contributed by atoms with Crippen LogP contribution in [0.15, 0.2) is 18.5 Å². The molecule has 0 aliphatic rings. The van der Waals surface area contributed by atoms with E-state index in [-0.39, 0.29) is 11.3 Å². The second-order valence-corrected chi connectivity index (χ2v) is 5.19. The van der Waals surface area contributed by atoms with E-state index < -0.39 is 21.2 Å². The third kappa shape index (κ3) is 3.15. The van der Waals surface area contributed by atoms with Crippen molar-refractivity contribution >= 4 is 21.7 Å². The third-order valence-corrected chi connectivity index (χ3v) is 3.45. The second-order valence-electron chi connectivity index (χ2n) is 3.19. The number of pyridine rings is 1. The fourth-order valence-electron chi connectivity index (χ4n) is 0.935. The molecule has 1 unspecified atom stereocenters. The van der Waals surface area contributed by atoms with Crippen LogP contribution in [-0.2, 0) is 10.0 Å². The maximum absolute atomic E-state index is 11.5. The number of hydrogen-bond acceptors (Lipinski definition) is 5. The Morgan fingerprint density at radius 3 is 2.76 bits per heavy atom. The lowest BCUT2D eigenvalue weighted by atomic mass is 10.3. The van der Waals surface area contributed by atoms with E-state index in [0.717, 1.165) is 18.5 Å². The quantitative estimate of drug-likeness (QED) is 0.805. The number of carbonyl (C=O) groups is 1. The van der Waals surface area contributed by atoms with Gasteiger partial charge in [-0.1, -0.05) is 0 Å². The van der Waals surface area contributed by atoms with Gasteiger partial charge in [-0.05, 0) is 13.0 Å². The highest BCUT2D eigenvalue weighted by atomic mass is 32.2. The third-order valence-electron chi connectivity index (χ3n) is 1.89. The Morgan fingerprint density at radius 2 is 2.24 bits per heavy atom. The van der Waals surface area contributed by atoms with Gasteiger partial charge >= 0.3 is 5.97 Å². The standard InChI is InChI=1S/C9H9N3O4S/c1-6(3-10)17(15,16)12-8-2-7(9(13)14)4-11-5-8/h2,4-6,12H,1H3,(H,13,14). The number of nitrogens with zero attached hydrogens (tertiary/aromatic N) is 2. The van der Waals surface area contributed by atoms with Crippen LogP contribution in [0.3, 0.4) is 0 Å². The Morgan fingerprint density at radius 1 is 1.59 bits per heavy atom. The number of rotatable bonds is 4. The van der Waals surface area contributed by atoms with Crippen LogP contribution in [0, 0.1) is 11.3 Å². The van der Waals surface area contributed by atoms with Crippen molar-refractivity contribution in [2.24, 2.45) is 0 Å². The van der Waals surface area contributed by atoms with Crippen LogP contribution in [-0.4, -0.2) is 29.7 Å². The van der Waals surface area contributed by atoms with Gasteiger partial charge in [0.1, 0.15) is 0 Å². The minimum atomic E-state index is -3.85. The number of aromatic nitrogens is 1. The molecule has 0 fully saturated rings. The molecule has 0 aromatic carbocycles. The summed E-state index contributed by atoms with van der Waals surface area (Å²) in [5, 5.41) is 16.0. The molecule has 2 N–H and O–H groups in total. The molecule has 0 aliphatic carbocycles. The van der Waals surface area contributed by atoms with Crippen LogP contribution in [0.4, 0.5) is 5.69 Å². The predicted octanol–water partition coefficient (Wildman–Crippen LogP) is 0.434. The zero-order chi connectivity index (χ0) is 13.1. The molecule has 1 heterocycles. The Balaban J connectivity index is 3.01. The normalized spacial score (nSPS) is 12.5. The van der Waals surface area contributed by atoms with E-state index in [0.29, 0.717) is 0 Å². The number of hydrogen-bond donors (Lipinski definition) is 2. The Hall–Kier alpha value is -2.14. The van der Waals surface area contributed by atoms with Crippen LogP contribution in [0.25, 0.3) is 0 Å². The van der Waals surface area contributed by atoms with E-state index in [1.165, 1.54) is 6.92 Å². The molecule has 8 heteroatoms. The zero-order valence-corrected chi connectivity index (χ0v) is 9.60. The Labute approximate surface area is 97.8 Å². The van der Waals surface area contributed by atoms with E-state index in [1.54, 1.807) is 6.07 Å². The molecular weight excluding hydrogens is 246 g/mol. The van der Waals surface area contributed by atoms with Crippen molar-refractivity contribution in [2.45, 2.75) is 12.2 Å². The first-order valence-electron chi connectivity index (χ1n) is 4.46. The first kappa shape index (κ1) is 12.9. The predicted molar refractivity (Wildman–Crippen MR) is 58.8 cm³/mol. The molecule has 1 rings (SSSR count). The molecule has 90 valence electrons. The zero-order valence-electron chi connectivity index (χ0n) is 8.78. The van der Waals surface area contributed by atoms with E-state index >= 15 is 0 Å². The van der Waals surface area contributed by atoms with Crippen molar-refractivity contribution in [2.75, 3.05) is 4.72 Å². The molecule has 0 bridgehead atoms. The fraction of sp³-hybridized carbons (Fsp3) is 0.222. The van der Waals surface area contributed by atoms with Gasteiger partial charge in [-0.25, -0.2) is 13.2 Å². The number of sulfonamides is 1. The van der Waals surface area contributed by atoms with Gasteiger partial charge in [-0.15, -0.1) is 0 Å². The van der Waals surface area contributed by atoms with Gasteiger partial charge in [0.15, 0.2) is 5.25 Å². The van der Waals surface area contributed by atoms with Crippen LogP contribution in [0.2, 0.25) is 0 Å². The lowest BCUT2D eigenvalue weighted by molar-refractivity contribution is 0.0696. The SMILES string of the molecule is CC(C#N)S(=O)(=O)Nc1cncc(C(=O)O)c1. The first-order valence-corrected chi connectivity index (χ1v) is 6.01. The number of nitrogens with one attached hydrogen (secondary N) is 1. The summed E-state index contributed by atoms with van der Waals surface area (Å²) in [4.78, 5) is 14.2. The van der Waals surface area contributed by atoms with Gasteiger partial charge in [-0.2, -0.15) is 5.26 Å². The molecule has 1 aromatic rings. The van der Waals surface area contributed by atoms with Crippen molar-refractivity contribution in [3.05, 3.63) is 24.0 Å². The van der Waals surface area contributed by atoms with Gasteiger partial charge in [0.25, 0.3) is 0 Å². The molecular formula is C9H9N3O4S. The summed E-state index contributed by atoms with van der Waals surface area (Å²) in [6.07, 6.45) is 2.25. The van der Waals surface area contributed by atoms with Crippen molar-refractivity contribution in [3.8, 4) is 6.07 Å². The van der Waals surface area contributed by atoms with Crippen molar-refractivity contribution in [1.82, 2.24) is 4.98 Å². The topological polar surface area (TPSA) is 120 Å². The lowest BCUT2D eigenvalue weighted by Crippen LogP contribution is -2.24. The van der Waals surface area contributed by atoms with Gasteiger partial charge < -0.3 is 5.11 Å².